The summed E-state index contributed by atoms with van der Waals surface area (Å²) in [5, 5.41) is 0. The van der Waals surface area contributed by atoms with Gasteiger partial charge in [0.25, 0.3) is 0 Å². The first-order valence-electron chi connectivity index (χ1n) is 0.914. The summed E-state index contributed by atoms with van der Waals surface area (Å²) >= 11 is 0.821. The molecule has 7 heavy (non-hydrogen) atoms. The second-order valence-corrected chi connectivity index (χ2v) is 2.73. The van der Waals surface area contributed by atoms with Gasteiger partial charge in [0.15, 0.2) is 0 Å². The van der Waals surface area contributed by atoms with Crippen molar-refractivity contribution in [2.45, 2.75) is 0 Å². The Labute approximate surface area is 74.5 Å². The van der Waals surface area contributed by atoms with Crippen molar-refractivity contribution in [2.24, 2.45) is 0 Å². The molecule has 0 saturated carbocycles. The van der Waals surface area contributed by atoms with Crippen LogP contribution in [0.3, 0.4) is 0 Å². The smallest absolute Gasteiger partial charge is 1.00 e. The molecule has 0 aliphatic carbocycles. The van der Waals surface area contributed by atoms with Crippen molar-refractivity contribution < 1.29 is 67.3 Å². The Morgan fingerprint density at radius 2 is 2.00 bits per heavy atom. The van der Waals surface area contributed by atoms with E-state index in [0.717, 1.165) is 20.2 Å². The van der Waals surface area contributed by atoms with Gasteiger partial charge in [0, 0.05) is 0 Å². The van der Waals surface area contributed by atoms with Crippen LogP contribution < -0.4 is 34.5 Å². The van der Waals surface area contributed by atoms with Crippen LogP contribution in [0, 0.1) is 0 Å². The molecule has 1 N–H and O–H groups in total. The van der Waals surface area contributed by atoms with E-state index >= 15 is 0 Å². The van der Waals surface area contributed by atoms with Crippen molar-refractivity contribution in [2.75, 3.05) is 0 Å². The fourth-order valence-corrected chi connectivity index (χ4v) is 0. The van der Waals surface area contributed by atoms with Crippen molar-refractivity contribution in [3.63, 3.8) is 0 Å². The van der Waals surface area contributed by atoms with E-state index in [2.05, 4.69) is 3.18 Å². The molecular formula is HMoNaO4P. The van der Waals surface area contributed by atoms with Gasteiger partial charge in [-0.05, 0) is 0 Å². The Bertz CT molecular complexity index is 75.8. The molecule has 0 aliphatic rings. The Morgan fingerprint density at radius 1 is 1.86 bits per heavy atom. The summed E-state index contributed by atoms with van der Waals surface area (Å²) in [5.41, 5.74) is 0. The van der Waals surface area contributed by atoms with Gasteiger partial charge in [-0.3, -0.25) is 0 Å². The molecule has 0 aromatic carbocycles. The first-order valence-corrected chi connectivity index (χ1v) is 3.23. The van der Waals surface area contributed by atoms with Crippen LogP contribution in [0.5, 0.6) is 0 Å². The average Bonchev–Trinajstić information content (AvgIpc) is 1.35. The van der Waals surface area contributed by atoms with E-state index in [-0.39, 0.29) is 29.6 Å². The molecule has 4 nitrogen and oxygen atoms in total. The minimum absolute atomic E-state index is 0. The minimum Gasteiger partial charge on any atom is 1.00 e. The summed E-state index contributed by atoms with van der Waals surface area (Å²) in [6, 6.07) is 0. The summed E-state index contributed by atoms with van der Waals surface area (Å²) < 4.78 is 12.9. The van der Waals surface area contributed by atoms with Gasteiger partial charge in [-0.2, -0.15) is 0 Å². The van der Waals surface area contributed by atoms with E-state index < -0.39 is 7.82 Å². The first-order chi connectivity index (χ1) is 2.56. The molecule has 0 amide bonds. The van der Waals surface area contributed by atoms with Crippen LogP contribution in [-0.4, -0.2) is 4.89 Å². The SMILES string of the molecule is O=P([O-])(O)[O][Mo].[Na+]. The van der Waals surface area contributed by atoms with Crippen LogP contribution >= 0.6 is 7.82 Å². The number of phosphoric acid groups is 1. The molecule has 7 heteroatoms. The molecule has 0 bridgehead atoms. The van der Waals surface area contributed by atoms with E-state index in [4.69, 9.17) is 4.89 Å². The molecule has 0 fully saturated rings. The molecule has 0 aromatic rings. The Kier molecular flexibility index (Phi) is 7.70. The fraction of sp³-hybridized carbons (Fsp3) is 0. The number of rotatable bonds is 1. The van der Waals surface area contributed by atoms with Crippen LogP contribution in [0.25, 0.3) is 0 Å². The Morgan fingerprint density at radius 3 is 2.00 bits per heavy atom. The van der Waals surface area contributed by atoms with E-state index in [9.17, 15) is 9.46 Å². The molecule has 37 valence electrons. The zero-order valence-electron chi connectivity index (χ0n) is 3.53. The van der Waals surface area contributed by atoms with Crippen molar-refractivity contribution in [3.05, 3.63) is 0 Å². The van der Waals surface area contributed by atoms with Crippen molar-refractivity contribution in [3.8, 4) is 0 Å². The molecule has 0 aliphatic heterocycles. The summed E-state index contributed by atoms with van der Waals surface area (Å²) in [7, 11) is -4.39. The maximum atomic E-state index is 9.36. The number of hydrogen-bond donors (Lipinski definition) is 1. The largest absolute Gasteiger partial charge is 1.00 e. The molecule has 0 rings (SSSR count). The van der Waals surface area contributed by atoms with Gasteiger partial charge in [0.1, 0.15) is 0 Å². The molecule has 1 unspecified atom stereocenters. The zero-order chi connectivity index (χ0) is 5.21. The number of hydrogen-bond acceptors (Lipinski definition) is 3. The normalized spacial score (nSPS) is 16.9. The van der Waals surface area contributed by atoms with Crippen LogP contribution in [0.1, 0.15) is 0 Å². The van der Waals surface area contributed by atoms with E-state index in [1.165, 1.54) is 0 Å². The summed E-state index contributed by atoms with van der Waals surface area (Å²) in [4.78, 5) is 17.0. The van der Waals surface area contributed by atoms with Crippen molar-refractivity contribution in [1.82, 2.24) is 0 Å². The van der Waals surface area contributed by atoms with Crippen LogP contribution in [0.15, 0.2) is 0 Å². The molecule has 0 saturated heterocycles. The summed E-state index contributed by atoms with van der Waals surface area (Å²) in [6.07, 6.45) is 0. The predicted molar refractivity (Wildman–Crippen MR) is 10.9 cm³/mol. The third-order valence-corrected chi connectivity index (χ3v) is 1.67. The van der Waals surface area contributed by atoms with Gasteiger partial charge >= 0.3 is 75.1 Å². The van der Waals surface area contributed by atoms with Gasteiger partial charge in [0.05, 0.1) is 0 Å². The predicted octanol–water partition coefficient (Wildman–Crippen LogP) is -4.07. The third kappa shape index (κ3) is 11.4. The minimum atomic E-state index is -4.39. The summed E-state index contributed by atoms with van der Waals surface area (Å²) in [6.45, 7) is 0. The Balaban J connectivity index is 0. The van der Waals surface area contributed by atoms with Crippen LogP contribution in [0.2, 0.25) is 0 Å². The van der Waals surface area contributed by atoms with Gasteiger partial charge in [-0.1, -0.05) is 0 Å². The quantitative estimate of drug-likeness (QED) is 0.356. The van der Waals surface area contributed by atoms with Gasteiger partial charge in [-0.25, -0.2) is 0 Å². The molecular weight excluding hydrogens is 214 g/mol. The second-order valence-electron chi connectivity index (χ2n) is 0.543. The van der Waals surface area contributed by atoms with Gasteiger partial charge in [-0.15, -0.1) is 0 Å². The van der Waals surface area contributed by atoms with Gasteiger partial charge in [0.2, 0.25) is 0 Å². The molecule has 1 atom stereocenters. The monoisotopic (exact) mass is 217 g/mol. The van der Waals surface area contributed by atoms with E-state index in [1.807, 2.05) is 0 Å². The zero-order valence-corrected chi connectivity index (χ0v) is 8.43. The molecule has 0 spiro atoms. The first kappa shape index (κ1) is 11.6. The third-order valence-electron chi connectivity index (χ3n) is 0.0942. The maximum Gasteiger partial charge on any atom is 1.00 e. The van der Waals surface area contributed by atoms with Gasteiger partial charge < -0.3 is 0 Å². The maximum absolute atomic E-state index is 9.36. The average molecular weight is 215 g/mol. The molecule has 0 radical (unpaired) electrons. The molecule has 0 heterocycles. The van der Waals surface area contributed by atoms with Crippen LogP contribution in [-0.2, 0) is 27.9 Å². The van der Waals surface area contributed by atoms with E-state index in [0.29, 0.717) is 0 Å². The van der Waals surface area contributed by atoms with Crippen LogP contribution in [0.4, 0.5) is 0 Å². The topological polar surface area (TPSA) is 69.6 Å². The Hall–Kier alpha value is 1.80. The fourth-order valence-electron chi connectivity index (χ4n) is 0. The standard InChI is InChI=1S/Mo.Na.H3O4P/c;;1-5(2,3)4/h;;(H3,1,2,3,4)/q2*+1;/p-2. The van der Waals surface area contributed by atoms with Crippen molar-refractivity contribution >= 4 is 7.82 Å². The second kappa shape index (κ2) is 4.66. The summed E-state index contributed by atoms with van der Waals surface area (Å²) in [5.74, 6) is 0. The molecule has 0 aromatic heterocycles. The van der Waals surface area contributed by atoms with E-state index in [1.54, 1.807) is 0 Å². The van der Waals surface area contributed by atoms with Crippen molar-refractivity contribution in [1.29, 1.82) is 0 Å².